The predicted molar refractivity (Wildman–Crippen MR) is 62.3 cm³/mol. The van der Waals surface area contributed by atoms with Crippen molar-refractivity contribution in [1.82, 2.24) is 9.55 Å². The number of rotatable bonds is 1. The van der Waals surface area contributed by atoms with Crippen molar-refractivity contribution in [3.8, 4) is 5.69 Å². The van der Waals surface area contributed by atoms with E-state index in [4.69, 9.17) is 11.6 Å². The van der Waals surface area contributed by atoms with Gasteiger partial charge in [0, 0.05) is 0 Å². The highest BCUT2D eigenvalue weighted by Crippen LogP contribution is 2.17. The van der Waals surface area contributed by atoms with Gasteiger partial charge in [-0.3, -0.25) is 9.78 Å². The average Bonchev–Trinajstić information content (AvgIpc) is 2.36. The Morgan fingerprint density at radius 3 is 2.42 bits per heavy atom. The van der Waals surface area contributed by atoms with Crippen molar-refractivity contribution >= 4 is 11.6 Å². The van der Waals surface area contributed by atoms with Crippen LogP contribution in [0.1, 0.15) is 5.56 Å². The molecule has 0 aliphatic rings. The summed E-state index contributed by atoms with van der Waals surface area (Å²) in [5.41, 5.74) is -2.71. The predicted octanol–water partition coefficient (Wildman–Crippen LogP) is 1.90. The number of hydrogen-bond acceptors (Lipinski definition) is 2. The molecule has 0 saturated heterocycles. The molecule has 2 rings (SSSR count). The third-order valence-corrected chi connectivity index (χ3v) is 2.91. The van der Waals surface area contributed by atoms with E-state index in [0.717, 1.165) is 6.07 Å². The smallest absolute Gasteiger partial charge is 0.297 e. The van der Waals surface area contributed by atoms with Crippen molar-refractivity contribution in [2.24, 2.45) is 0 Å². The van der Waals surface area contributed by atoms with E-state index in [0.29, 0.717) is 10.6 Å². The highest BCUT2D eigenvalue weighted by molar-refractivity contribution is 6.30. The lowest BCUT2D eigenvalue weighted by atomic mass is 10.2. The van der Waals surface area contributed by atoms with E-state index >= 15 is 0 Å². The van der Waals surface area contributed by atoms with Crippen LogP contribution >= 0.6 is 11.6 Å². The zero-order chi connectivity index (χ0) is 14.3. The summed E-state index contributed by atoms with van der Waals surface area (Å²) in [5.74, 6) is -4.82. The van der Waals surface area contributed by atoms with Crippen LogP contribution in [0.2, 0.25) is 5.15 Å². The van der Waals surface area contributed by atoms with E-state index < -0.39 is 34.4 Å². The van der Waals surface area contributed by atoms with Gasteiger partial charge < -0.3 is 0 Å². The first-order valence-corrected chi connectivity index (χ1v) is 5.37. The Labute approximate surface area is 109 Å². The first kappa shape index (κ1) is 13.4. The second-order valence-electron chi connectivity index (χ2n) is 3.70. The summed E-state index contributed by atoms with van der Waals surface area (Å²) in [7, 11) is 0. The van der Waals surface area contributed by atoms with Gasteiger partial charge >= 0.3 is 5.69 Å². The van der Waals surface area contributed by atoms with Crippen LogP contribution in [0.3, 0.4) is 0 Å². The van der Waals surface area contributed by atoms with Gasteiger partial charge in [0.05, 0.1) is 11.3 Å². The maximum absolute atomic E-state index is 13.6. The van der Waals surface area contributed by atoms with E-state index in [1.165, 1.54) is 6.92 Å². The van der Waals surface area contributed by atoms with Gasteiger partial charge in [0.1, 0.15) is 5.15 Å². The van der Waals surface area contributed by atoms with Crippen LogP contribution in [0.5, 0.6) is 0 Å². The molecule has 1 aromatic heterocycles. The van der Waals surface area contributed by atoms with Gasteiger partial charge in [0.2, 0.25) is 0 Å². The van der Waals surface area contributed by atoms with E-state index in [9.17, 15) is 22.8 Å². The molecule has 19 heavy (non-hydrogen) atoms. The van der Waals surface area contributed by atoms with Crippen LogP contribution in [-0.4, -0.2) is 9.55 Å². The zero-order valence-electron chi connectivity index (χ0n) is 9.43. The van der Waals surface area contributed by atoms with Crippen LogP contribution in [0.25, 0.3) is 5.69 Å². The lowest BCUT2D eigenvalue weighted by molar-refractivity contribution is 0.443. The van der Waals surface area contributed by atoms with Crippen molar-refractivity contribution in [1.29, 1.82) is 0 Å². The van der Waals surface area contributed by atoms with E-state index in [-0.39, 0.29) is 10.7 Å². The monoisotopic (exact) mass is 290 g/mol. The van der Waals surface area contributed by atoms with Gasteiger partial charge in [-0.2, -0.15) is 0 Å². The quantitative estimate of drug-likeness (QED) is 0.644. The number of aromatic nitrogens is 2. The summed E-state index contributed by atoms with van der Waals surface area (Å²) in [4.78, 5) is 25.5. The summed E-state index contributed by atoms with van der Waals surface area (Å²) >= 11 is 5.58. The number of nitrogens with one attached hydrogen (secondary N) is 1. The summed E-state index contributed by atoms with van der Waals surface area (Å²) in [6, 6.07) is 1.40. The molecule has 0 radical (unpaired) electrons. The topological polar surface area (TPSA) is 54.9 Å². The molecule has 0 bridgehead atoms. The molecule has 0 fully saturated rings. The van der Waals surface area contributed by atoms with Gasteiger partial charge in [-0.25, -0.2) is 22.5 Å². The first-order valence-electron chi connectivity index (χ1n) is 5.00. The molecule has 0 amide bonds. The summed E-state index contributed by atoms with van der Waals surface area (Å²) < 4.78 is 39.9. The summed E-state index contributed by atoms with van der Waals surface area (Å²) in [5, 5.41) is -0.200. The Hall–Kier alpha value is -2.02. The Kier molecular flexibility index (Phi) is 3.23. The molecule has 1 N–H and O–H groups in total. The van der Waals surface area contributed by atoms with Crippen LogP contribution < -0.4 is 11.2 Å². The largest absolute Gasteiger partial charge is 0.334 e. The first-order chi connectivity index (χ1) is 8.84. The lowest BCUT2D eigenvalue weighted by Crippen LogP contribution is -2.36. The minimum atomic E-state index is -1.77. The Balaban J connectivity index is 2.89. The van der Waals surface area contributed by atoms with Crippen LogP contribution in [0.15, 0.2) is 21.7 Å². The third-order valence-electron chi connectivity index (χ3n) is 2.53. The Morgan fingerprint density at radius 2 is 1.79 bits per heavy atom. The number of halogens is 4. The molecule has 0 spiro atoms. The molecule has 1 aromatic carbocycles. The van der Waals surface area contributed by atoms with Gasteiger partial charge in [0.15, 0.2) is 17.5 Å². The third kappa shape index (κ3) is 2.06. The highest BCUT2D eigenvalue weighted by Gasteiger charge is 2.19. The number of hydrogen-bond donors (Lipinski definition) is 1. The number of H-pyrrole nitrogens is 1. The molecule has 2 aromatic rings. The second kappa shape index (κ2) is 4.58. The minimum Gasteiger partial charge on any atom is -0.297 e. The number of nitrogens with zero attached hydrogens (tertiary/aromatic N) is 1. The minimum absolute atomic E-state index is 0.0506. The Bertz CT molecular complexity index is 783. The van der Waals surface area contributed by atoms with Crippen LogP contribution in [0, 0.1) is 24.4 Å². The SMILES string of the molecule is Cc1c(Cl)[nH]c(=O)n(-c2ccc(F)c(F)c2F)c1=O. The standard InChI is InChI=1S/C11H6ClF3N2O2/c1-4-9(12)16-11(19)17(10(4)18)6-3-2-5(13)7(14)8(6)15/h2-3H,1H3,(H,16,19). The van der Waals surface area contributed by atoms with Gasteiger partial charge in [0.25, 0.3) is 5.56 Å². The molecule has 1 heterocycles. The fourth-order valence-electron chi connectivity index (χ4n) is 1.50. The highest BCUT2D eigenvalue weighted by atomic mass is 35.5. The molecule has 0 aliphatic heterocycles. The van der Waals surface area contributed by atoms with Gasteiger partial charge in [-0.05, 0) is 19.1 Å². The number of aromatic amines is 1. The van der Waals surface area contributed by atoms with Crippen LogP contribution in [-0.2, 0) is 0 Å². The number of benzene rings is 1. The maximum Gasteiger partial charge on any atom is 0.334 e. The molecule has 0 aliphatic carbocycles. The normalized spacial score (nSPS) is 10.8. The van der Waals surface area contributed by atoms with E-state index in [1.807, 2.05) is 0 Å². The molecule has 8 heteroatoms. The molecule has 0 unspecified atom stereocenters. The molecular weight excluding hydrogens is 285 g/mol. The molecule has 0 saturated carbocycles. The lowest BCUT2D eigenvalue weighted by Gasteiger charge is -2.08. The van der Waals surface area contributed by atoms with E-state index in [2.05, 4.69) is 4.98 Å². The molecule has 4 nitrogen and oxygen atoms in total. The van der Waals surface area contributed by atoms with Gasteiger partial charge in [-0.15, -0.1) is 0 Å². The Morgan fingerprint density at radius 1 is 1.16 bits per heavy atom. The summed E-state index contributed by atoms with van der Waals surface area (Å²) in [6.07, 6.45) is 0. The van der Waals surface area contributed by atoms with Gasteiger partial charge in [-0.1, -0.05) is 11.6 Å². The van der Waals surface area contributed by atoms with Crippen molar-refractivity contribution in [2.45, 2.75) is 6.92 Å². The molecule has 100 valence electrons. The fourth-order valence-corrected chi connectivity index (χ4v) is 1.67. The fraction of sp³-hybridized carbons (Fsp3) is 0.0909. The van der Waals surface area contributed by atoms with E-state index in [1.54, 1.807) is 0 Å². The molecule has 0 atom stereocenters. The molecular formula is C11H6ClF3N2O2. The van der Waals surface area contributed by atoms with Crippen molar-refractivity contribution < 1.29 is 13.2 Å². The summed E-state index contributed by atoms with van der Waals surface area (Å²) in [6.45, 7) is 1.30. The average molecular weight is 291 g/mol. The van der Waals surface area contributed by atoms with Crippen molar-refractivity contribution in [3.63, 3.8) is 0 Å². The van der Waals surface area contributed by atoms with Crippen molar-refractivity contribution in [2.75, 3.05) is 0 Å². The maximum atomic E-state index is 13.6. The second-order valence-corrected chi connectivity index (χ2v) is 4.08. The van der Waals surface area contributed by atoms with Crippen LogP contribution in [0.4, 0.5) is 13.2 Å². The van der Waals surface area contributed by atoms with Crippen molar-refractivity contribution in [3.05, 3.63) is 61.1 Å². The zero-order valence-corrected chi connectivity index (χ0v) is 10.2.